The van der Waals surface area contributed by atoms with Gasteiger partial charge in [-0.25, -0.2) is 0 Å². The Morgan fingerprint density at radius 3 is 2.56 bits per heavy atom. The van der Waals surface area contributed by atoms with E-state index in [2.05, 4.69) is 37.9 Å². The first-order valence-electron chi connectivity index (χ1n) is 6.30. The average molecular weight is 222 g/mol. The van der Waals surface area contributed by atoms with Crippen LogP contribution in [-0.4, -0.2) is 18.6 Å². The second-order valence-corrected chi connectivity index (χ2v) is 5.91. The fourth-order valence-corrected chi connectivity index (χ4v) is 2.88. The summed E-state index contributed by atoms with van der Waals surface area (Å²) < 4.78 is 0. The molecule has 1 aliphatic rings. The lowest BCUT2D eigenvalue weighted by Gasteiger charge is -2.48. The van der Waals surface area contributed by atoms with Gasteiger partial charge in [0.15, 0.2) is 0 Å². The van der Waals surface area contributed by atoms with E-state index in [1.807, 2.05) is 6.92 Å². The van der Waals surface area contributed by atoms with E-state index in [1.54, 1.807) is 0 Å². The van der Waals surface area contributed by atoms with Crippen LogP contribution in [0.5, 0.6) is 0 Å². The third kappa shape index (κ3) is 2.99. The van der Waals surface area contributed by atoms with Crippen molar-refractivity contribution in [2.24, 2.45) is 17.1 Å². The smallest absolute Gasteiger partial charge is 0.0581 e. The average Bonchev–Trinajstić information content (AvgIpc) is 2.21. The van der Waals surface area contributed by atoms with Crippen LogP contribution in [-0.2, 0) is 0 Å². The molecule has 1 aliphatic carbocycles. The molecule has 0 bridgehead atoms. The van der Waals surface area contributed by atoms with E-state index >= 15 is 0 Å². The van der Waals surface area contributed by atoms with Crippen molar-refractivity contribution in [3.63, 3.8) is 0 Å². The largest absolute Gasteiger partial charge is 0.329 e. The maximum atomic E-state index is 5.99. The molecule has 0 aromatic heterocycles. The fourth-order valence-electron chi connectivity index (χ4n) is 2.88. The zero-order valence-electron chi connectivity index (χ0n) is 11.2. The van der Waals surface area contributed by atoms with Crippen LogP contribution in [0, 0.1) is 23.2 Å². The maximum Gasteiger partial charge on any atom is 0.0581 e. The first-order chi connectivity index (χ1) is 7.46. The summed E-state index contributed by atoms with van der Waals surface area (Å²) in [6, 6.07) is 0. The topological polar surface area (TPSA) is 38.0 Å². The number of hydrogen-bond acceptors (Lipinski definition) is 2. The fraction of sp³-hybridized carbons (Fsp3) is 0.857. The van der Waals surface area contributed by atoms with E-state index in [4.69, 9.17) is 5.73 Å². The Morgan fingerprint density at radius 2 is 2.06 bits per heavy atom. The van der Waals surface area contributed by atoms with Gasteiger partial charge in [0.2, 0.25) is 0 Å². The van der Waals surface area contributed by atoms with E-state index in [0.29, 0.717) is 11.3 Å². The monoisotopic (exact) mass is 222 g/mol. The van der Waals surface area contributed by atoms with Crippen molar-refractivity contribution in [2.45, 2.75) is 52.5 Å². The molecule has 0 amide bonds. The van der Waals surface area contributed by atoms with Crippen molar-refractivity contribution in [3.8, 4) is 11.8 Å². The molecule has 92 valence electrons. The van der Waals surface area contributed by atoms with Gasteiger partial charge in [0.1, 0.15) is 0 Å². The third-order valence-electron chi connectivity index (χ3n) is 4.12. The molecule has 2 heteroatoms. The van der Waals surface area contributed by atoms with Gasteiger partial charge in [-0.15, -0.1) is 5.92 Å². The molecule has 0 spiro atoms. The van der Waals surface area contributed by atoms with Crippen molar-refractivity contribution in [2.75, 3.05) is 13.1 Å². The lowest BCUT2D eigenvalue weighted by molar-refractivity contribution is 0.0823. The number of nitrogens with one attached hydrogen (secondary N) is 1. The summed E-state index contributed by atoms with van der Waals surface area (Å²) >= 11 is 0. The van der Waals surface area contributed by atoms with Gasteiger partial charge >= 0.3 is 0 Å². The minimum Gasteiger partial charge on any atom is -0.329 e. The molecule has 0 saturated heterocycles. The summed E-state index contributed by atoms with van der Waals surface area (Å²) in [6.45, 7) is 10.4. The minimum absolute atomic E-state index is 0.110. The Bertz CT molecular complexity index is 285. The number of rotatable bonds is 3. The van der Waals surface area contributed by atoms with Gasteiger partial charge in [-0.3, -0.25) is 5.32 Å². The molecule has 2 atom stereocenters. The van der Waals surface area contributed by atoms with Crippen LogP contribution >= 0.6 is 0 Å². The van der Waals surface area contributed by atoms with Crippen molar-refractivity contribution in [1.29, 1.82) is 0 Å². The normalized spacial score (nSPS) is 32.9. The molecule has 3 N–H and O–H groups in total. The first kappa shape index (κ1) is 13.5. The van der Waals surface area contributed by atoms with Gasteiger partial charge in [0.05, 0.1) is 6.54 Å². The van der Waals surface area contributed by atoms with Crippen molar-refractivity contribution < 1.29 is 0 Å². The molecule has 16 heavy (non-hydrogen) atoms. The van der Waals surface area contributed by atoms with Crippen molar-refractivity contribution in [1.82, 2.24) is 5.32 Å². The predicted molar refractivity (Wildman–Crippen MR) is 70.0 cm³/mol. The van der Waals surface area contributed by atoms with Crippen LogP contribution < -0.4 is 11.1 Å². The lowest BCUT2D eigenvalue weighted by atomic mass is 9.64. The van der Waals surface area contributed by atoms with E-state index in [0.717, 1.165) is 13.1 Å². The van der Waals surface area contributed by atoms with Crippen LogP contribution in [0.2, 0.25) is 0 Å². The molecule has 0 radical (unpaired) electrons. The predicted octanol–water partition coefficient (Wildman–Crippen LogP) is 2.14. The Labute approximate surface area is 100 Å². The van der Waals surface area contributed by atoms with Gasteiger partial charge in [-0.1, -0.05) is 26.7 Å². The quantitative estimate of drug-likeness (QED) is 0.718. The summed E-state index contributed by atoms with van der Waals surface area (Å²) in [4.78, 5) is 0. The summed E-state index contributed by atoms with van der Waals surface area (Å²) in [5.74, 6) is 6.63. The molecule has 1 rings (SSSR count). The lowest BCUT2D eigenvalue weighted by Crippen LogP contribution is -2.59. The van der Waals surface area contributed by atoms with Gasteiger partial charge in [0, 0.05) is 12.1 Å². The molecule has 0 aromatic rings. The highest BCUT2D eigenvalue weighted by Crippen LogP contribution is 2.43. The van der Waals surface area contributed by atoms with Crippen LogP contribution in [0.15, 0.2) is 0 Å². The highest BCUT2D eigenvalue weighted by atomic mass is 15.0. The second kappa shape index (κ2) is 5.21. The van der Waals surface area contributed by atoms with Crippen molar-refractivity contribution >= 4 is 0 Å². The SMILES string of the molecule is CC#CCNC1(CN)CCC(C)(C)CC1C. The molecule has 2 nitrogen and oxygen atoms in total. The van der Waals surface area contributed by atoms with E-state index in [1.165, 1.54) is 19.3 Å². The van der Waals surface area contributed by atoms with Crippen LogP contribution in [0.3, 0.4) is 0 Å². The second-order valence-electron chi connectivity index (χ2n) is 5.91. The molecule has 2 unspecified atom stereocenters. The van der Waals surface area contributed by atoms with Gasteiger partial charge < -0.3 is 5.73 Å². The molecule has 1 saturated carbocycles. The minimum atomic E-state index is 0.110. The van der Waals surface area contributed by atoms with Crippen LogP contribution in [0.4, 0.5) is 0 Å². The van der Waals surface area contributed by atoms with Gasteiger partial charge in [-0.05, 0) is 37.5 Å². The highest BCUT2D eigenvalue weighted by Gasteiger charge is 2.42. The highest BCUT2D eigenvalue weighted by molar-refractivity contribution is 5.05. The Balaban J connectivity index is 2.68. The van der Waals surface area contributed by atoms with Gasteiger partial charge in [-0.2, -0.15) is 0 Å². The van der Waals surface area contributed by atoms with Crippen molar-refractivity contribution in [3.05, 3.63) is 0 Å². The van der Waals surface area contributed by atoms with Gasteiger partial charge in [0.25, 0.3) is 0 Å². The first-order valence-corrected chi connectivity index (χ1v) is 6.30. The van der Waals surface area contributed by atoms with Crippen LogP contribution in [0.1, 0.15) is 47.0 Å². The third-order valence-corrected chi connectivity index (χ3v) is 4.12. The molecule has 1 fully saturated rings. The summed E-state index contributed by atoms with van der Waals surface area (Å²) in [5.41, 5.74) is 6.57. The van der Waals surface area contributed by atoms with Crippen LogP contribution in [0.25, 0.3) is 0 Å². The maximum absolute atomic E-state index is 5.99. The zero-order chi connectivity index (χ0) is 12.2. The molecule has 0 aromatic carbocycles. The Kier molecular flexibility index (Phi) is 4.41. The Morgan fingerprint density at radius 1 is 1.38 bits per heavy atom. The summed E-state index contributed by atoms with van der Waals surface area (Å²) in [7, 11) is 0. The Hall–Kier alpha value is -0.520. The summed E-state index contributed by atoms with van der Waals surface area (Å²) in [6.07, 6.45) is 3.67. The summed E-state index contributed by atoms with van der Waals surface area (Å²) in [5, 5.41) is 3.57. The molecular weight excluding hydrogens is 196 g/mol. The van der Waals surface area contributed by atoms with E-state index < -0.39 is 0 Å². The molecule has 0 heterocycles. The van der Waals surface area contributed by atoms with E-state index in [-0.39, 0.29) is 5.54 Å². The zero-order valence-corrected chi connectivity index (χ0v) is 11.2. The standard InChI is InChI=1S/C14H26N2/c1-5-6-9-16-14(11-15)8-7-13(3,4)10-12(14)2/h12,16H,7-11,15H2,1-4H3. The number of nitrogens with two attached hydrogens (primary N) is 1. The number of hydrogen-bond donors (Lipinski definition) is 2. The van der Waals surface area contributed by atoms with E-state index in [9.17, 15) is 0 Å². The molecular formula is C14H26N2. The molecule has 0 aliphatic heterocycles.